The van der Waals surface area contributed by atoms with Gasteiger partial charge in [0.25, 0.3) is 0 Å². The summed E-state index contributed by atoms with van der Waals surface area (Å²) in [6.45, 7) is 2.52. The van der Waals surface area contributed by atoms with Gasteiger partial charge in [0.15, 0.2) is 6.10 Å². The number of carbonyl (C=O) groups excluding carboxylic acids is 1. The molecule has 2 saturated heterocycles. The maximum atomic E-state index is 12.0. The van der Waals surface area contributed by atoms with Gasteiger partial charge < -0.3 is 19.5 Å². The summed E-state index contributed by atoms with van der Waals surface area (Å²) < 4.78 is 10.5. The number of ether oxygens (including phenoxy) is 2. The third-order valence-electron chi connectivity index (χ3n) is 3.72. The lowest BCUT2D eigenvalue weighted by Gasteiger charge is -2.31. The molecule has 0 bridgehead atoms. The van der Waals surface area contributed by atoms with E-state index in [0.717, 1.165) is 32.5 Å². The summed E-state index contributed by atoms with van der Waals surface area (Å²) in [6.07, 6.45) is 2.61. The highest BCUT2D eigenvalue weighted by Gasteiger charge is 2.29. The van der Waals surface area contributed by atoms with Crippen LogP contribution in [-0.4, -0.2) is 60.9 Å². The van der Waals surface area contributed by atoms with E-state index in [-0.39, 0.29) is 12.5 Å². The van der Waals surface area contributed by atoms with E-state index < -0.39 is 12.1 Å². The van der Waals surface area contributed by atoms with Gasteiger partial charge in [0, 0.05) is 26.2 Å². The molecule has 0 aromatic carbocycles. The zero-order valence-corrected chi connectivity index (χ0v) is 11.0. The Morgan fingerprint density at radius 2 is 2.16 bits per heavy atom. The van der Waals surface area contributed by atoms with Crippen molar-refractivity contribution in [3.63, 3.8) is 0 Å². The standard InChI is InChI=1S/C13H21NO5/c15-12(4-3-10-2-1-6-18-9-10)14-5-7-19-11(8-14)13(16)17/h10-11H,1-9H2,(H,16,17)/t10-,11-/m1/s1. The molecule has 0 spiro atoms. The highest BCUT2D eigenvalue weighted by atomic mass is 16.5. The number of carboxylic acid groups (broad SMARTS) is 1. The first-order valence-electron chi connectivity index (χ1n) is 6.86. The average Bonchev–Trinajstić information content (AvgIpc) is 2.46. The van der Waals surface area contributed by atoms with E-state index in [4.69, 9.17) is 14.6 Å². The number of morpholine rings is 1. The van der Waals surface area contributed by atoms with Crippen LogP contribution >= 0.6 is 0 Å². The maximum absolute atomic E-state index is 12.0. The minimum absolute atomic E-state index is 0.0279. The molecule has 108 valence electrons. The quantitative estimate of drug-likeness (QED) is 0.806. The van der Waals surface area contributed by atoms with Gasteiger partial charge >= 0.3 is 5.97 Å². The number of carbonyl (C=O) groups is 2. The lowest BCUT2D eigenvalue weighted by molar-refractivity contribution is -0.159. The molecule has 2 fully saturated rings. The van der Waals surface area contributed by atoms with Crippen LogP contribution in [0.5, 0.6) is 0 Å². The molecule has 2 aliphatic heterocycles. The normalized spacial score (nSPS) is 28.1. The predicted molar refractivity (Wildman–Crippen MR) is 66.7 cm³/mol. The Hall–Kier alpha value is -1.14. The van der Waals surface area contributed by atoms with Crippen molar-refractivity contribution in [2.45, 2.75) is 31.8 Å². The Morgan fingerprint density at radius 1 is 1.32 bits per heavy atom. The maximum Gasteiger partial charge on any atom is 0.334 e. The highest BCUT2D eigenvalue weighted by molar-refractivity contribution is 5.78. The van der Waals surface area contributed by atoms with Crippen LogP contribution in [0, 0.1) is 5.92 Å². The lowest BCUT2D eigenvalue weighted by Crippen LogP contribution is -2.48. The van der Waals surface area contributed by atoms with Crippen molar-refractivity contribution in [3.8, 4) is 0 Å². The molecule has 6 heteroatoms. The molecular weight excluding hydrogens is 250 g/mol. The smallest absolute Gasteiger partial charge is 0.334 e. The van der Waals surface area contributed by atoms with E-state index >= 15 is 0 Å². The summed E-state index contributed by atoms with van der Waals surface area (Å²) in [6, 6.07) is 0. The van der Waals surface area contributed by atoms with E-state index in [1.165, 1.54) is 0 Å². The van der Waals surface area contributed by atoms with Crippen LogP contribution in [0.25, 0.3) is 0 Å². The van der Waals surface area contributed by atoms with Crippen LogP contribution in [-0.2, 0) is 19.1 Å². The molecule has 6 nitrogen and oxygen atoms in total. The molecule has 0 saturated carbocycles. The molecule has 0 aromatic heterocycles. The summed E-state index contributed by atoms with van der Waals surface area (Å²) in [4.78, 5) is 24.5. The number of hydrogen-bond donors (Lipinski definition) is 1. The Bertz CT molecular complexity index is 327. The average molecular weight is 271 g/mol. The Balaban J connectivity index is 1.74. The van der Waals surface area contributed by atoms with Gasteiger partial charge in [0.2, 0.25) is 5.91 Å². The number of aliphatic carboxylic acids is 1. The van der Waals surface area contributed by atoms with Crippen LogP contribution < -0.4 is 0 Å². The van der Waals surface area contributed by atoms with Gasteiger partial charge in [-0.05, 0) is 25.2 Å². The Labute approximate surface area is 112 Å². The molecule has 2 rings (SSSR count). The van der Waals surface area contributed by atoms with E-state index in [1.54, 1.807) is 4.90 Å². The molecule has 0 unspecified atom stereocenters. The number of amides is 1. The van der Waals surface area contributed by atoms with E-state index in [0.29, 0.717) is 25.5 Å². The fourth-order valence-electron chi connectivity index (χ4n) is 2.55. The van der Waals surface area contributed by atoms with E-state index in [2.05, 4.69) is 0 Å². The fourth-order valence-corrected chi connectivity index (χ4v) is 2.55. The van der Waals surface area contributed by atoms with Crippen molar-refractivity contribution in [2.24, 2.45) is 5.92 Å². The predicted octanol–water partition coefficient (Wildman–Crippen LogP) is 0.505. The van der Waals surface area contributed by atoms with Crippen molar-refractivity contribution in [2.75, 3.05) is 32.9 Å². The Morgan fingerprint density at radius 3 is 2.84 bits per heavy atom. The zero-order valence-electron chi connectivity index (χ0n) is 11.0. The molecular formula is C13H21NO5. The third-order valence-corrected chi connectivity index (χ3v) is 3.72. The second-order valence-electron chi connectivity index (χ2n) is 5.16. The van der Waals surface area contributed by atoms with Crippen molar-refractivity contribution in [1.82, 2.24) is 4.90 Å². The van der Waals surface area contributed by atoms with Gasteiger partial charge in [0.05, 0.1) is 13.2 Å². The minimum atomic E-state index is -1.00. The van der Waals surface area contributed by atoms with Crippen molar-refractivity contribution in [3.05, 3.63) is 0 Å². The van der Waals surface area contributed by atoms with Gasteiger partial charge in [-0.1, -0.05) is 0 Å². The summed E-state index contributed by atoms with van der Waals surface area (Å²) in [7, 11) is 0. The van der Waals surface area contributed by atoms with Crippen molar-refractivity contribution < 1.29 is 24.2 Å². The summed E-state index contributed by atoms with van der Waals surface area (Å²) >= 11 is 0. The number of carboxylic acids is 1. The SMILES string of the molecule is O=C(O)[C@H]1CN(C(=O)CC[C@H]2CCCOC2)CCO1. The van der Waals surface area contributed by atoms with Crippen LogP contribution in [0.2, 0.25) is 0 Å². The largest absolute Gasteiger partial charge is 0.479 e. The molecule has 1 amide bonds. The second kappa shape index (κ2) is 6.86. The second-order valence-corrected chi connectivity index (χ2v) is 5.16. The van der Waals surface area contributed by atoms with Crippen molar-refractivity contribution in [1.29, 1.82) is 0 Å². The third kappa shape index (κ3) is 4.18. The number of hydrogen-bond acceptors (Lipinski definition) is 4. The topological polar surface area (TPSA) is 76.1 Å². The van der Waals surface area contributed by atoms with Gasteiger partial charge in [-0.2, -0.15) is 0 Å². The first-order chi connectivity index (χ1) is 9.16. The molecule has 19 heavy (non-hydrogen) atoms. The van der Waals surface area contributed by atoms with Crippen LogP contribution in [0.4, 0.5) is 0 Å². The van der Waals surface area contributed by atoms with Gasteiger partial charge in [0.1, 0.15) is 0 Å². The molecule has 0 aliphatic carbocycles. The Kier molecular flexibility index (Phi) is 5.15. The molecule has 0 aromatic rings. The monoisotopic (exact) mass is 271 g/mol. The van der Waals surface area contributed by atoms with Crippen LogP contribution in [0.15, 0.2) is 0 Å². The number of nitrogens with zero attached hydrogens (tertiary/aromatic N) is 1. The molecule has 2 aliphatic rings. The fraction of sp³-hybridized carbons (Fsp3) is 0.846. The van der Waals surface area contributed by atoms with E-state index in [1.807, 2.05) is 0 Å². The summed E-state index contributed by atoms with van der Waals surface area (Å²) in [5.41, 5.74) is 0. The van der Waals surface area contributed by atoms with Gasteiger partial charge in [-0.3, -0.25) is 4.79 Å². The van der Waals surface area contributed by atoms with Gasteiger partial charge in [-0.25, -0.2) is 4.79 Å². The highest BCUT2D eigenvalue weighted by Crippen LogP contribution is 2.19. The molecule has 1 N–H and O–H groups in total. The van der Waals surface area contributed by atoms with Gasteiger partial charge in [-0.15, -0.1) is 0 Å². The summed E-state index contributed by atoms with van der Waals surface area (Å²) in [5.74, 6) is -0.507. The zero-order chi connectivity index (χ0) is 13.7. The van der Waals surface area contributed by atoms with E-state index in [9.17, 15) is 9.59 Å². The van der Waals surface area contributed by atoms with Crippen molar-refractivity contribution >= 4 is 11.9 Å². The number of rotatable bonds is 4. The minimum Gasteiger partial charge on any atom is -0.479 e. The van der Waals surface area contributed by atoms with Crippen LogP contribution in [0.1, 0.15) is 25.7 Å². The molecule has 2 atom stereocenters. The first kappa shape index (κ1) is 14.3. The lowest BCUT2D eigenvalue weighted by atomic mass is 9.96. The summed E-state index contributed by atoms with van der Waals surface area (Å²) in [5, 5.41) is 8.89. The first-order valence-corrected chi connectivity index (χ1v) is 6.86. The van der Waals surface area contributed by atoms with Crippen LogP contribution in [0.3, 0.4) is 0 Å². The molecule has 0 radical (unpaired) electrons. The molecule has 2 heterocycles.